The van der Waals surface area contributed by atoms with Gasteiger partial charge in [0, 0.05) is 35.4 Å². The lowest BCUT2D eigenvalue weighted by Gasteiger charge is -2.31. The van der Waals surface area contributed by atoms with E-state index in [4.69, 9.17) is 27.9 Å². The van der Waals surface area contributed by atoms with Crippen LogP contribution in [-0.4, -0.2) is 43.9 Å². The van der Waals surface area contributed by atoms with E-state index >= 15 is 0 Å². The van der Waals surface area contributed by atoms with Crippen molar-refractivity contribution in [2.75, 3.05) is 13.2 Å². The van der Waals surface area contributed by atoms with Gasteiger partial charge in [0.05, 0.1) is 35.1 Å². The molecule has 180 valence electrons. The highest BCUT2D eigenvalue weighted by Crippen LogP contribution is 2.40. The molecule has 0 radical (unpaired) electrons. The number of carbonyl (C=O) groups excluding carboxylic acids is 1. The third kappa shape index (κ3) is 4.51. The highest BCUT2D eigenvalue weighted by molar-refractivity contribution is 6.39. The summed E-state index contributed by atoms with van der Waals surface area (Å²) in [5.41, 5.74) is 6.20. The second kappa shape index (κ2) is 9.92. The summed E-state index contributed by atoms with van der Waals surface area (Å²) in [6, 6.07) is 3.83. The SMILES string of the molecule is CCCCOc1nc(C)cc(C)c1CN1CCc2c(Cl)cc(-c3c(C)nnn3C)c(Cl)c2C1=O. The van der Waals surface area contributed by atoms with Gasteiger partial charge in [-0.05, 0) is 56.9 Å². The zero-order valence-electron chi connectivity index (χ0n) is 20.2. The van der Waals surface area contributed by atoms with Gasteiger partial charge in [-0.15, -0.1) is 5.10 Å². The van der Waals surface area contributed by atoms with Crippen molar-refractivity contribution in [1.29, 1.82) is 0 Å². The second-order valence-corrected chi connectivity index (χ2v) is 9.55. The number of pyridine rings is 1. The van der Waals surface area contributed by atoms with Crippen LogP contribution >= 0.6 is 23.2 Å². The van der Waals surface area contributed by atoms with Gasteiger partial charge in [0.1, 0.15) is 0 Å². The van der Waals surface area contributed by atoms with E-state index < -0.39 is 0 Å². The molecule has 1 aliphatic heterocycles. The Morgan fingerprint density at radius 1 is 1.18 bits per heavy atom. The molecule has 0 N–H and O–H groups in total. The Bertz CT molecular complexity index is 1240. The summed E-state index contributed by atoms with van der Waals surface area (Å²) in [6.45, 7) is 9.48. The number of halogens is 2. The number of ether oxygens (including phenoxy) is 1. The van der Waals surface area contributed by atoms with Gasteiger partial charge in [-0.1, -0.05) is 41.8 Å². The maximum Gasteiger partial charge on any atom is 0.256 e. The molecule has 0 aliphatic carbocycles. The summed E-state index contributed by atoms with van der Waals surface area (Å²) >= 11 is 13.5. The fourth-order valence-electron chi connectivity index (χ4n) is 4.44. The van der Waals surface area contributed by atoms with Gasteiger partial charge in [-0.25, -0.2) is 9.67 Å². The minimum absolute atomic E-state index is 0.151. The minimum Gasteiger partial charge on any atom is -0.477 e. The summed E-state index contributed by atoms with van der Waals surface area (Å²) in [4.78, 5) is 20.1. The summed E-state index contributed by atoms with van der Waals surface area (Å²) in [5.74, 6) is 0.446. The average Bonchev–Trinajstić information content (AvgIpc) is 3.12. The first-order valence-corrected chi connectivity index (χ1v) is 12.2. The van der Waals surface area contributed by atoms with Crippen LogP contribution < -0.4 is 4.74 Å². The van der Waals surface area contributed by atoms with Crippen molar-refractivity contribution < 1.29 is 9.53 Å². The van der Waals surface area contributed by atoms with E-state index in [-0.39, 0.29) is 5.91 Å². The smallest absolute Gasteiger partial charge is 0.256 e. The maximum atomic E-state index is 13.7. The monoisotopic (exact) mass is 501 g/mol. The molecule has 1 aliphatic rings. The number of hydrogen-bond acceptors (Lipinski definition) is 5. The number of aryl methyl sites for hydroxylation is 4. The van der Waals surface area contributed by atoms with Crippen LogP contribution in [0.1, 0.15) is 58.2 Å². The molecule has 0 saturated carbocycles. The fourth-order valence-corrected chi connectivity index (χ4v) is 5.07. The highest BCUT2D eigenvalue weighted by Gasteiger charge is 2.32. The van der Waals surface area contributed by atoms with Gasteiger partial charge in [0.25, 0.3) is 5.91 Å². The molecule has 3 aromatic rings. The first-order chi connectivity index (χ1) is 16.2. The third-order valence-corrected chi connectivity index (χ3v) is 6.95. The quantitative estimate of drug-likeness (QED) is 0.400. The Kier molecular flexibility index (Phi) is 7.14. The van der Waals surface area contributed by atoms with E-state index in [1.54, 1.807) is 16.6 Å². The van der Waals surface area contributed by atoms with Crippen LogP contribution in [-0.2, 0) is 20.0 Å². The molecule has 0 saturated heterocycles. The predicted molar refractivity (Wildman–Crippen MR) is 134 cm³/mol. The van der Waals surface area contributed by atoms with Crippen molar-refractivity contribution in [1.82, 2.24) is 24.9 Å². The molecule has 0 unspecified atom stereocenters. The number of aromatic nitrogens is 4. The molecule has 1 aromatic carbocycles. The van der Waals surface area contributed by atoms with E-state index in [0.29, 0.717) is 53.2 Å². The van der Waals surface area contributed by atoms with E-state index in [0.717, 1.165) is 46.6 Å². The van der Waals surface area contributed by atoms with E-state index in [1.807, 2.05) is 32.9 Å². The molecule has 0 atom stereocenters. The Balaban J connectivity index is 1.71. The summed E-state index contributed by atoms with van der Waals surface area (Å²) in [6.07, 6.45) is 2.60. The van der Waals surface area contributed by atoms with Crippen LogP contribution in [0.5, 0.6) is 5.88 Å². The lowest BCUT2D eigenvalue weighted by Crippen LogP contribution is -2.38. The van der Waals surface area contributed by atoms with Crippen LogP contribution in [0.2, 0.25) is 10.0 Å². The molecule has 9 heteroatoms. The molecule has 0 fully saturated rings. The van der Waals surface area contributed by atoms with E-state index in [9.17, 15) is 4.79 Å². The van der Waals surface area contributed by atoms with Gasteiger partial charge in [0.2, 0.25) is 5.88 Å². The summed E-state index contributed by atoms with van der Waals surface area (Å²) in [7, 11) is 1.79. The number of fused-ring (bicyclic) bond motifs is 1. The molecular formula is C25H29Cl2N5O2. The number of carbonyl (C=O) groups is 1. The summed E-state index contributed by atoms with van der Waals surface area (Å²) < 4.78 is 7.65. The maximum absolute atomic E-state index is 13.7. The van der Waals surface area contributed by atoms with Crippen LogP contribution in [0.3, 0.4) is 0 Å². The first kappa shape index (κ1) is 24.5. The van der Waals surface area contributed by atoms with E-state index in [2.05, 4.69) is 22.2 Å². The standard InChI is InChI=1S/C25H29Cl2N5O2/c1-6-7-10-34-24-19(14(2)11-15(3)28-24)13-32-9-8-17-20(26)12-18(22(27)21(17)25(32)33)23-16(4)29-30-31(23)5/h11-12H,6-10,13H2,1-5H3. The topological polar surface area (TPSA) is 73.1 Å². The van der Waals surface area contributed by atoms with Crippen LogP contribution in [0, 0.1) is 20.8 Å². The highest BCUT2D eigenvalue weighted by atomic mass is 35.5. The molecule has 0 spiro atoms. The van der Waals surface area contributed by atoms with Crippen LogP contribution in [0.4, 0.5) is 0 Å². The number of rotatable bonds is 7. The lowest BCUT2D eigenvalue weighted by molar-refractivity contribution is 0.0725. The molecular weight excluding hydrogens is 473 g/mol. The first-order valence-electron chi connectivity index (χ1n) is 11.5. The molecule has 1 amide bonds. The Hall–Kier alpha value is -2.64. The second-order valence-electron chi connectivity index (χ2n) is 8.76. The normalized spacial score (nSPS) is 13.4. The van der Waals surface area contributed by atoms with Gasteiger partial charge in [-0.2, -0.15) is 0 Å². The molecule has 34 heavy (non-hydrogen) atoms. The number of hydrogen-bond donors (Lipinski definition) is 0. The number of unbranched alkanes of at least 4 members (excludes halogenated alkanes) is 1. The van der Waals surface area contributed by atoms with Gasteiger partial charge in [-0.3, -0.25) is 4.79 Å². The number of amides is 1. The van der Waals surface area contributed by atoms with Crippen molar-refractivity contribution in [3.05, 3.63) is 55.8 Å². The Labute approximate surface area is 210 Å². The minimum atomic E-state index is -0.151. The lowest BCUT2D eigenvalue weighted by atomic mass is 9.94. The fraction of sp³-hybridized carbons (Fsp3) is 0.440. The van der Waals surface area contributed by atoms with Crippen molar-refractivity contribution >= 4 is 29.1 Å². The van der Waals surface area contributed by atoms with Crippen LogP contribution in [0.15, 0.2) is 12.1 Å². The average molecular weight is 502 g/mol. The van der Waals surface area contributed by atoms with Gasteiger partial charge >= 0.3 is 0 Å². The largest absolute Gasteiger partial charge is 0.477 e. The van der Waals surface area contributed by atoms with Gasteiger partial charge in [0.15, 0.2) is 0 Å². The molecule has 0 bridgehead atoms. The van der Waals surface area contributed by atoms with E-state index in [1.165, 1.54) is 0 Å². The Morgan fingerprint density at radius 2 is 1.94 bits per heavy atom. The molecule has 7 nitrogen and oxygen atoms in total. The molecule has 3 heterocycles. The zero-order valence-corrected chi connectivity index (χ0v) is 21.7. The number of benzene rings is 1. The van der Waals surface area contributed by atoms with Gasteiger partial charge < -0.3 is 9.64 Å². The van der Waals surface area contributed by atoms with Crippen molar-refractivity contribution in [3.8, 4) is 17.1 Å². The van der Waals surface area contributed by atoms with Crippen molar-refractivity contribution in [3.63, 3.8) is 0 Å². The van der Waals surface area contributed by atoms with Crippen LogP contribution in [0.25, 0.3) is 11.3 Å². The number of nitrogens with zero attached hydrogens (tertiary/aromatic N) is 5. The third-order valence-electron chi connectivity index (χ3n) is 6.22. The molecule has 4 rings (SSSR count). The predicted octanol–water partition coefficient (Wildman–Crippen LogP) is 5.49. The zero-order chi connectivity index (χ0) is 24.6. The van der Waals surface area contributed by atoms with Crippen molar-refractivity contribution in [2.24, 2.45) is 7.05 Å². The summed E-state index contributed by atoms with van der Waals surface area (Å²) in [5, 5.41) is 9.09. The Morgan fingerprint density at radius 3 is 2.62 bits per heavy atom. The van der Waals surface area contributed by atoms with Crippen molar-refractivity contribution in [2.45, 2.75) is 53.5 Å². The molecule has 2 aromatic heterocycles.